The first kappa shape index (κ1) is 24.9. The molecule has 3 aromatic carbocycles. The number of nitrogens with one attached hydrogen (secondary N) is 4. The smallest absolute Gasteiger partial charge is 0.338 e. The highest BCUT2D eigenvalue weighted by Crippen LogP contribution is 2.32. The number of fused-ring (bicyclic) bond motifs is 2. The number of carbonyl (C=O) groups excluding carboxylic acids is 1. The van der Waals surface area contributed by atoms with Gasteiger partial charge in [0.2, 0.25) is 5.95 Å². The minimum Gasteiger partial charge on any atom is -0.338 e. The molecule has 12 heteroatoms. The predicted octanol–water partition coefficient (Wildman–Crippen LogP) is 5.36. The summed E-state index contributed by atoms with van der Waals surface area (Å²) >= 11 is 0. The molecule has 194 valence electrons. The average molecular weight is 524 g/mol. The highest BCUT2D eigenvalue weighted by Gasteiger charge is 2.31. The van der Waals surface area contributed by atoms with Crippen molar-refractivity contribution >= 4 is 33.8 Å². The minimum atomic E-state index is -4.59. The Morgan fingerprint density at radius 1 is 1.03 bits per heavy atom. The summed E-state index contributed by atoms with van der Waals surface area (Å²) < 4.78 is 54.7. The van der Waals surface area contributed by atoms with Crippen LogP contribution in [0.5, 0.6) is 0 Å². The van der Waals surface area contributed by atoms with Gasteiger partial charge >= 0.3 is 12.2 Å². The van der Waals surface area contributed by atoms with E-state index in [2.05, 4.69) is 30.8 Å². The number of aromatic amines is 2. The second-order valence-electron chi connectivity index (χ2n) is 8.55. The number of nitrogens with zero attached hydrogens (tertiary/aromatic N) is 2. The van der Waals surface area contributed by atoms with Gasteiger partial charge in [-0.15, -0.1) is 0 Å². The van der Waals surface area contributed by atoms with Gasteiger partial charge in [-0.05, 0) is 60.5 Å². The van der Waals surface area contributed by atoms with Gasteiger partial charge < -0.3 is 10.3 Å². The van der Waals surface area contributed by atoms with Crippen molar-refractivity contribution in [2.24, 2.45) is 0 Å². The molecule has 2 amide bonds. The maximum absolute atomic E-state index is 14.9. The Hall–Kier alpha value is -4.74. The first-order valence-corrected chi connectivity index (χ1v) is 11.5. The third-order valence-electron chi connectivity index (χ3n) is 5.96. The molecule has 0 saturated heterocycles. The molecule has 5 aromatic rings. The normalized spacial score (nSPS) is 11.7. The number of benzene rings is 3. The van der Waals surface area contributed by atoms with Gasteiger partial charge in [0.1, 0.15) is 5.82 Å². The summed E-state index contributed by atoms with van der Waals surface area (Å²) in [6.07, 6.45) is -4.54. The number of amides is 2. The highest BCUT2D eigenvalue weighted by molar-refractivity contribution is 5.91. The molecule has 0 aliphatic rings. The van der Waals surface area contributed by atoms with E-state index in [1.807, 2.05) is 0 Å². The molecule has 38 heavy (non-hydrogen) atoms. The molecule has 2 heterocycles. The Morgan fingerprint density at radius 3 is 2.61 bits per heavy atom. The monoisotopic (exact) mass is 524 g/mol. The first-order chi connectivity index (χ1) is 18.1. The molecular weight excluding hydrogens is 504 g/mol. The van der Waals surface area contributed by atoms with Crippen LogP contribution >= 0.6 is 0 Å². The van der Waals surface area contributed by atoms with E-state index >= 15 is 0 Å². The van der Waals surface area contributed by atoms with Crippen molar-refractivity contribution in [3.8, 4) is 11.1 Å². The van der Waals surface area contributed by atoms with E-state index in [0.29, 0.717) is 28.7 Å². The zero-order chi connectivity index (χ0) is 27.0. The SMILES string of the molecule is CCNC(=O)Nc1nc2ccc(-c3cc(Cc4n[nH]c(=O)c5ccc(C(F)(F)F)cc45)ccc3F)cc2[nH]1. The van der Waals surface area contributed by atoms with E-state index in [1.165, 1.54) is 12.1 Å². The van der Waals surface area contributed by atoms with Crippen LogP contribution in [0.25, 0.3) is 32.9 Å². The van der Waals surface area contributed by atoms with Crippen LogP contribution in [0.3, 0.4) is 0 Å². The Morgan fingerprint density at radius 2 is 1.84 bits per heavy atom. The summed E-state index contributed by atoms with van der Waals surface area (Å²) in [5.74, 6) is -0.279. The van der Waals surface area contributed by atoms with Crippen molar-refractivity contribution in [1.29, 1.82) is 0 Å². The molecule has 8 nitrogen and oxygen atoms in total. The van der Waals surface area contributed by atoms with E-state index in [-0.39, 0.29) is 34.4 Å². The summed E-state index contributed by atoms with van der Waals surface area (Å²) in [6.45, 7) is 2.22. The van der Waals surface area contributed by atoms with Gasteiger partial charge in [0.25, 0.3) is 5.56 Å². The Labute approximate surface area is 212 Å². The summed E-state index contributed by atoms with van der Waals surface area (Å²) in [4.78, 5) is 31.2. The molecule has 0 radical (unpaired) electrons. The number of imidazole rings is 1. The van der Waals surface area contributed by atoms with Gasteiger partial charge in [-0.3, -0.25) is 10.1 Å². The lowest BCUT2D eigenvalue weighted by Crippen LogP contribution is -2.28. The third kappa shape index (κ3) is 4.92. The van der Waals surface area contributed by atoms with Gasteiger partial charge in [-0.2, -0.15) is 18.3 Å². The molecule has 0 spiro atoms. The lowest BCUT2D eigenvalue weighted by molar-refractivity contribution is -0.137. The van der Waals surface area contributed by atoms with Crippen LogP contribution in [0.1, 0.15) is 23.7 Å². The molecule has 0 saturated carbocycles. The van der Waals surface area contributed by atoms with Crippen LogP contribution in [-0.4, -0.2) is 32.7 Å². The third-order valence-corrected chi connectivity index (χ3v) is 5.96. The van der Waals surface area contributed by atoms with Crippen molar-refractivity contribution < 1.29 is 22.4 Å². The maximum atomic E-state index is 14.9. The average Bonchev–Trinajstić information content (AvgIpc) is 3.27. The molecule has 0 bridgehead atoms. The van der Waals surface area contributed by atoms with Crippen molar-refractivity contribution in [3.63, 3.8) is 0 Å². The van der Waals surface area contributed by atoms with E-state index in [0.717, 1.165) is 18.2 Å². The molecule has 0 aliphatic carbocycles. The zero-order valence-corrected chi connectivity index (χ0v) is 19.8. The van der Waals surface area contributed by atoms with Gasteiger partial charge in [0.05, 0.1) is 27.7 Å². The topological polar surface area (TPSA) is 116 Å². The lowest BCUT2D eigenvalue weighted by Gasteiger charge is -2.11. The standard InChI is InChI=1S/C26H20F4N6O2/c1-2-31-25(38)34-24-32-20-8-4-14(11-22(20)33-24)17-9-13(3-7-19(17)27)10-21-18-12-15(26(28,29)30)5-6-16(18)23(37)36-35-21/h3-9,11-12H,2,10H2,1H3,(H,36,37)(H3,31,32,33,34,38). The number of rotatable bonds is 5. The molecule has 5 rings (SSSR count). The number of halogens is 4. The molecule has 0 fully saturated rings. The summed E-state index contributed by atoms with van der Waals surface area (Å²) in [6, 6.07) is 11.8. The molecular formula is C26H20F4N6O2. The fraction of sp³-hybridized carbons (Fsp3) is 0.154. The van der Waals surface area contributed by atoms with Crippen molar-refractivity contribution in [3.05, 3.63) is 87.6 Å². The minimum absolute atomic E-state index is 0.0504. The summed E-state index contributed by atoms with van der Waals surface area (Å²) in [5.41, 5.74) is 1.18. The number of anilines is 1. The van der Waals surface area contributed by atoms with Crippen LogP contribution in [-0.2, 0) is 12.6 Å². The quantitative estimate of drug-likeness (QED) is 0.232. The summed E-state index contributed by atoms with van der Waals surface area (Å²) in [5, 5.41) is 11.6. The number of hydrogen-bond acceptors (Lipinski definition) is 4. The molecule has 0 unspecified atom stereocenters. The van der Waals surface area contributed by atoms with Crippen molar-refractivity contribution in [1.82, 2.24) is 25.5 Å². The van der Waals surface area contributed by atoms with Crippen LogP contribution < -0.4 is 16.2 Å². The summed E-state index contributed by atoms with van der Waals surface area (Å²) in [7, 11) is 0. The molecule has 0 atom stereocenters. The zero-order valence-electron chi connectivity index (χ0n) is 19.8. The predicted molar refractivity (Wildman–Crippen MR) is 134 cm³/mol. The Balaban J connectivity index is 1.50. The number of urea groups is 1. The van der Waals surface area contributed by atoms with Crippen molar-refractivity contribution in [2.75, 3.05) is 11.9 Å². The fourth-order valence-corrected chi connectivity index (χ4v) is 4.18. The van der Waals surface area contributed by atoms with Gasteiger partial charge in [0.15, 0.2) is 0 Å². The number of aromatic nitrogens is 4. The highest BCUT2D eigenvalue weighted by atomic mass is 19.4. The van der Waals surface area contributed by atoms with Gasteiger partial charge in [-0.1, -0.05) is 12.1 Å². The maximum Gasteiger partial charge on any atom is 0.416 e. The number of carbonyl (C=O) groups is 1. The first-order valence-electron chi connectivity index (χ1n) is 11.5. The van der Waals surface area contributed by atoms with Crippen LogP contribution in [0.4, 0.5) is 28.3 Å². The largest absolute Gasteiger partial charge is 0.416 e. The lowest BCUT2D eigenvalue weighted by atomic mass is 9.98. The van der Waals surface area contributed by atoms with Crippen LogP contribution in [0, 0.1) is 5.82 Å². The van der Waals surface area contributed by atoms with E-state index in [9.17, 15) is 27.2 Å². The second kappa shape index (κ2) is 9.61. The second-order valence-corrected chi connectivity index (χ2v) is 8.55. The number of H-pyrrole nitrogens is 2. The van der Waals surface area contributed by atoms with Gasteiger partial charge in [-0.25, -0.2) is 19.3 Å². The fourth-order valence-electron chi connectivity index (χ4n) is 4.18. The van der Waals surface area contributed by atoms with Crippen molar-refractivity contribution in [2.45, 2.75) is 19.5 Å². The molecule has 4 N–H and O–H groups in total. The Kier molecular flexibility index (Phi) is 6.31. The van der Waals surface area contributed by atoms with E-state index in [1.54, 1.807) is 31.2 Å². The van der Waals surface area contributed by atoms with E-state index < -0.39 is 29.1 Å². The van der Waals surface area contributed by atoms with Crippen LogP contribution in [0.15, 0.2) is 59.4 Å². The molecule has 2 aromatic heterocycles. The number of hydrogen-bond donors (Lipinski definition) is 4. The van der Waals surface area contributed by atoms with E-state index in [4.69, 9.17) is 0 Å². The molecule has 0 aliphatic heterocycles. The van der Waals surface area contributed by atoms with Crippen LogP contribution in [0.2, 0.25) is 0 Å². The number of alkyl halides is 3. The Bertz CT molecular complexity index is 1740. The van der Waals surface area contributed by atoms with Gasteiger partial charge in [0, 0.05) is 23.9 Å².